The third-order valence-electron chi connectivity index (χ3n) is 3.03. The topological polar surface area (TPSA) is 40.5 Å². The molecule has 2 rings (SSSR count). The van der Waals surface area contributed by atoms with Gasteiger partial charge in [0.25, 0.3) is 0 Å². The van der Waals surface area contributed by atoms with E-state index in [2.05, 4.69) is 15.9 Å². The predicted octanol–water partition coefficient (Wildman–Crippen LogP) is 6.27. The van der Waals surface area contributed by atoms with Crippen LogP contribution in [0.5, 0.6) is 5.75 Å². The zero-order chi connectivity index (χ0) is 20.9. The number of benzene rings is 1. The molecule has 0 saturated carbocycles. The van der Waals surface area contributed by atoms with E-state index >= 15 is 0 Å². The molecule has 150 valence electrons. The normalized spacial score (nSPS) is 9.04. The van der Waals surface area contributed by atoms with Gasteiger partial charge in [-0.3, -0.25) is 4.79 Å². The fraction of sp³-hybridized carbons (Fsp3) is 0.550. The largest absolute Gasteiger partial charge is 0.495 e. The molecular formula is C20H33BrFNO3. The number of esters is 1. The Morgan fingerprint density at radius 2 is 1.73 bits per heavy atom. The molecule has 0 atom stereocenters. The molecule has 2 aromatic rings. The molecule has 0 saturated heterocycles. The molecule has 4 nitrogen and oxygen atoms in total. The highest BCUT2D eigenvalue weighted by atomic mass is 79.9. The molecule has 0 spiro atoms. The lowest BCUT2D eigenvalue weighted by atomic mass is 10.1. The average Bonchev–Trinajstić information content (AvgIpc) is 2.97. The first kappa shape index (κ1) is 26.7. The fourth-order valence-electron chi connectivity index (χ4n) is 2.30. The van der Waals surface area contributed by atoms with Gasteiger partial charge in [-0.1, -0.05) is 41.5 Å². The Labute approximate surface area is 165 Å². The number of fused-ring (bicyclic) bond motifs is 1. The molecule has 1 aromatic heterocycles. The van der Waals surface area contributed by atoms with Gasteiger partial charge in [-0.15, -0.1) is 0 Å². The van der Waals surface area contributed by atoms with Gasteiger partial charge in [-0.2, -0.15) is 0 Å². The Hall–Kier alpha value is -1.56. The molecule has 0 unspecified atom stereocenters. The van der Waals surface area contributed by atoms with Crippen molar-refractivity contribution in [2.45, 2.75) is 54.9 Å². The predicted molar refractivity (Wildman–Crippen MR) is 112 cm³/mol. The number of halogens is 2. The van der Waals surface area contributed by atoms with Gasteiger partial charge in [0.2, 0.25) is 0 Å². The zero-order valence-electron chi connectivity index (χ0n) is 17.5. The molecule has 0 amide bonds. The van der Waals surface area contributed by atoms with E-state index in [9.17, 15) is 9.18 Å². The number of carbonyl (C=O) groups excluding carboxylic acids is 1. The first-order chi connectivity index (χ1) is 12.5. The van der Waals surface area contributed by atoms with Crippen LogP contribution >= 0.6 is 15.9 Å². The third kappa shape index (κ3) is 6.63. The number of aromatic nitrogens is 1. The summed E-state index contributed by atoms with van der Waals surface area (Å²) in [6.45, 7) is 14.1. The van der Waals surface area contributed by atoms with Crippen LogP contribution in [0, 0.1) is 5.82 Å². The van der Waals surface area contributed by atoms with Crippen molar-refractivity contribution >= 4 is 32.8 Å². The maximum absolute atomic E-state index is 14.1. The molecule has 6 heteroatoms. The summed E-state index contributed by atoms with van der Waals surface area (Å²) in [4.78, 5) is 11.7. The monoisotopic (exact) mass is 433 g/mol. The van der Waals surface area contributed by atoms with Crippen molar-refractivity contribution in [3.8, 4) is 5.75 Å². The van der Waals surface area contributed by atoms with Crippen molar-refractivity contribution in [1.82, 2.24) is 4.57 Å². The first-order valence-electron chi connectivity index (χ1n) is 9.15. The molecule has 0 aliphatic heterocycles. The van der Waals surface area contributed by atoms with Gasteiger partial charge >= 0.3 is 5.97 Å². The summed E-state index contributed by atoms with van der Waals surface area (Å²) in [7, 11) is 3.24. The highest BCUT2D eigenvalue weighted by Gasteiger charge is 2.20. The Kier molecular flexibility index (Phi) is 15.0. The minimum atomic E-state index is -0.370. The second-order valence-electron chi connectivity index (χ2n) is 4.34. The zero-order valence-corrected chi connectivity index (χ0v) is 19.1. The van der Waals surface area contributed by atoms with E-state index in [4.69, 9.17) is 9.47 Å². The Balaban J connectivity index is 0. The van der Waals surface area contributed by atoms with Gasteiger partial charge in [0.1, 0.15) is 11.6 Å². The molecular weight excluding hydrogens is 401 g/mol. The van der Waals surface area contributed by atoms with Gasteiger partial charge in [0, 0.05) is 18.6 Å². The maximum atomic E-state index is 14.1. The Morgan fingerprint density at radius 3 is 2.19 bits per heavy atom. The van der Waals surface area contributed by atoms with Gasteiger partial charge in [0.15, 0.2) is 0 Å². The lowest BCUT2D eigenvalue weighted by Gasteiger charge is -2.08. The summed E-state index contributed by atoms with van der Waals surface area (Å²) in [6.07, 6.45) is 1.80. The Morgan fingerprint density at radius 1 is 1.19 bits per heavy atom. The van der Waals surface area contributed by atoms with Crippen LogP contribution in [0.15, 0.2) is 16.7 Å². The van der Waals surface area contributed by atoms with E-state index in [1.807, 2.05) is 41.5 Å². The summed E-state index contributed by atoms with van der Waals surface area (Å²) in [6, 6.07) is 1.36. The number of hydrogen-bond donors (Lipinski definition) is 0. The SMILES string of the molecule is CC.CC.CC.CCOC(=O)Cc1cn(C)c2c(F)cc(Br)c(OC)c12. The van der Waals surface area contributed by atoms with E-state index < -0.39 is 0 Å². The van der Waals surface area contributed by atoms with Crippen molar-refractivity contribution in [1.29, 1.82) is 0 Å². The number of nitrogens with zero attached hydrogens (tertiary/aromatic N) is 1. The number of carbonyl (C=O) groups is 1. The van der Waals surface area contributed by atoms with Gasteiger partial charge < -0.3 is 14.0 Å². The fourth-order valence-corrected chi connectivity index (χ4v) is 2.86. The van der Waals surface area contributed by atoms with Crippen LogP contribution in [0.3, 0.4) is 0 Å². The third-order valence-corrected chi connectivity index (χ3v) is 3.62. The molecule has 0 bridgehead atoms. The van der Waals surface area contributed by atoms with Crippen LogP contribution < -0.4 is 4.74 Å². The van der Waals surface area contributed by atoms with Gasteiger partial charge in [0.05, 0.1) is 30.1 Å². The van der Waals surface area contributed by atoms with Crippen molar-refractivity contribution in [3.05, 3.63) is 28.1 Å². The summed E-state index contributed by atoms with van der Waals surface area (Å²) < 4.78 is 26.5. The second-order valence-corrected chi connectivity index (χ2v) is 5.20. The second kappa shape index (κ2) is 14.6. The van der Waals surface area contributed by atoms with Crippen LogP contribution in [0.25, 0.3) is 10.9 Å². The van der Waals surface area contributed by atoms with E-state index in [0.29, 0.717) is 33.3 Å². The van der Waals surface area contributed by atoms with Crippen LogP contribution in [0.1, 0.15) is 54.0 Å². The molecule has 0 aliphatic rings. The molecule has 0 radical (unpaired) electrons. The van der Waals surface area contributed by atoms with Crippen molar-refractivity contribution in [3.63, 3.8) is 0 Å². The van der Waals surface area contributed by atoms with E-state index in [-0.39, 0.29) is 18.2 Å². The summed E-state index contributed by atoms with van der Waals surface area (Å²) in [5.41, 5.74) is 1.09. The molecule has 0 aliphatic carbocycles. The average molecular weight is 434 g/mol. The van der Waals surface area contributed by atoms with Gasteiger partial charge in [-0.05, 0) is 34.5 Å². The number of aryl methyl sites for hydroxylation is 1. The Bertz CT molecular complexity index is 669. The number of methoxy groups -OCH3 is 1. The molecule has 0 fully saturated rings. The number of rotatable bonds is 4. The van der Waals surface area contributed by atoms with Crippen LogP contribution in [-0.4, -0.2) is 24.3 Å². The molecule has 1 heterocycles. The summed E-state index contributed by atoms with van der Waals surface area (Å²) in [5, 5.41) is 0.593. The van der Waals surface area contributed by atoms with Crippen molar-refractivity contribution < 1.29 is 18.7 Å². The summed E-state index contributed by atoms with van der Waals surface area (Å²) in [5.74, 6) is -0.200. The highest BCUT2D eigenvalue weighted by Crippen LogP contribution is 2.38. The van der Waals surface area contributed by atoms with E-state index in [1.165, 1.54) is 13.2 Å². The minimum absolute atomic E-state index is 0.0808. The lowest BCUT2D eigenvalue weighted by molar-refractivity contribution is -0.142. The molecule has 26 heavy (non-hydrogen) atoms. The quantitative estimate of drug-likeness (QED) is 0.533. The highest BCUT2D eigenvalue weighted by molar-refractivity contribution is 9.10. The van der Waals surface area contributed by atoms with Crippen molar-refractivity contribution in [2.24, 2.45) is 7.05 Å². The minimum Gasteiger partial charge on any atom is -0.495 e. The van der Waals surface area contributed by atoms with Crippen molar-refractivity contribution in [2.75, 3.05) is 13.7 Å². The lowest BCUT2D eigenvalue weighted by Crippen LogP contribution is -2.07. The number of hydrogen-bond acceptors (Lipinski definition) is 3. The molecule has 1 aromatic carbocycles. The summed E-state index contributed by atoms with van der Waals surface area (Å²) >= 11 is 3.28. The molecule has 0 N–H and O–H groups in total. The van der Waals surface area contributed by atoms with E-state index in [0.717, 1.165) is 0 Å². The smallest absolute Gasteiger partial charge is 0.310 e. The number of ether oxygens (including phenoxy) is 2. The van der Waals surface area contributed by atoms with Crippen LogP contribution in [0.2, 0.25) is 0 Å². The van der Waals surface area contributed by atoms with Gasteiger partial charge in [-0.25, -0.2) is 4.39 Å². The van der Waals surface area contributed by atoms with Crippen LogP contribution in [-0.2, 0) is 23.0 Å². The van der Waals surface area contributed by atoms with E-state index in [1.54, 1.807) is 24.7 Å². The first-order valence-corrected chi connectivity index (χ1v) is 9.94. The maximum Gasteiger partial charge on any atom is 0.310 e. The standard InChI is InChI=1S/C14H15BrFNO3.3C2H6/c1-4-20-11(18)5-8-7-17(2)13-10(16)6-9(15)14(19-3)12(8)13;3*1-2/h6-7H,4-5H2,1-3H3;3*1-2H3. The van der Waals surface area contributed by atoms with Crippen LogP contribution in [0.4, 0.5) is 4.39 Å².